The SMILES string of the molecule is COCCN(Cc1c(-c2ccccc2)nn(C)c1Oc1cccc(F)c1)C[C@H](O)COC(C)C. The summed E-state index contributed by atoms with van der Waals surface area (Å²) in [5.41, 5.74) is 2.55. The summed E-state index contributed by atoms with van der Waals surface area (Å²) in [5.74, 6) is 0.525. The van der Waals surface area contributed by atoms with E-state index in [1.165, 1.54) is 12.1 Å². The molecule has 34 heavy (non-hydrogen) atoms. The van der Waals surface area contributed by atoms with Gasteiger partial charge in [0.25, 0.3) is 0 Å². The smallest absolute Gasteiger partial charge is 0.222 e. The molecule has 0 saturated carbocycles. The van der Waals surface area contributed by atoms with Crippen LogP contribution in [0.2, 0.25) is 0 Å². The predicted octanol–water partition coefficient (Wildman–Crippen LogP) is 4.25. The summed E-state index contributed by atoms with van der Waals surface area (Å²) in [5, 5.41) is 15.3. The molecule has 0 fully saturated rings. The largest absolute Gasteiger partial charge is 0.439 e. The Bertz CT molecular complexity index is 1030. The van der Waals surface area contributed by atoms with E-state index in [4.69, 9.17) is 19.3 Å². The lowest BCUT2D eigenvalue weighted by Gasteiger charge is -2.25. The van der Waals surface area contributed by atoms with Crippen LogP contribution in [-0.4, -0.2) is 65.4 Å². The molecule has 0 aliphatic rings. The molecule has 1 atom stereocenters. The number of methoxy groups -OCH3 is 1. The molecule has 0 aliphatic heterocycles. The van der Waals surface area contributed by atoms with Crippen LogP contribution in [0.1, 0.15) is 19.4 Å². The summed E-state index contributed by atoms with van der Waals surface area (Å²) in [6, 6.07) is 15.9. The van der Waals surface area contributed by atoms with Gasteiger partial charge in [-0.3, -0.25) is 4.90 Å². The van der Waals surface area contributed by atoms with Gasteiger partial charge in [-0.1, -0.05) is 36.4 Å². The van der Waals surface area contributed by atoms with Crippen LogP contribution in [0.15, 0.2) is 54.6 Å². The second-order valence-corrected chi connectivity index (χ2v) is 8.45. The van der Waals surface area contributed by atoms with E-state index in [0.29, 0.717) is 37.9 Å². The summed E-state index contributed by atoms with van der Waals surface area (Å²) in [6.45, 7) is 6.05. The normalized spacial score (nSPS) is 12.5. The number of rotatable bonds is 13. The van der Waals surface area contributed by atoms with Crippen LogP contribution < -0.4 is 4.74 Å². The first-order chi connectivity index (χ1) is 16.4. The number of hydrogen-bond donors (Lipinski definition) is 1. The Morgan fingerprint density at radius 2 is 1.88 bits per heavy atom. The van der Waals surface area contributed by atoms with E-state index in [0.717, 1.165) is 16.8 Å². The zero-order chi connectivity index (χ0) is 24.5. The van der Waals surface area contributed by atoms with Crippen molar-refractivity contribution in [2.75, 3.05) is 33.4 Å². The van der Waals surface area contributed by atoms with E-state index in [-0.39, 0.29) is 18.5 Å². The van der Waals surface area contributed by atoms with Gasteiger partial charge in [0.2, 0.25) is 5.88 Å². The number of halogens is 1. The minimum Gasteiger partial charge on any atom is -0.439 e. The summed E-state index contributed by atoms with van der Waals surface area (Å²) >= 11 is 0. The molecule has 0 saturated heterocycles. The van der Waals surface area contributed by atoms with Crippen LogP contribution in [0.25, 0.3) is 11.3 Å². The number of ether oxygens (including phenoxy) is 3. The van der Waals surface area contributed by atoms with Gasteiger partial charge in [0, 0.05) is 45.4 Å². The van der Waals surface area contributed by atoms with E-state index in [1.807, 2.05) is 44.2 Å². The van der Waals surface area contributed by atoms with Gasteiger partial charge in [0.05, 0.1) is 31.0 Å². The van der Waals surface area contributed by atoms with Crippen molar-refractivity contribution in [3.8, 4) is 22.9 Å². The molecule has 0 unspecified atom stereocenters. The quantitative estimate of drug-likeness (QED) is 0.402. The van der Waals surface area contributed by atoms with Gasteiger partial charge in [-0.2, -0.15) is 5.10 Å². The van der Waals surface area contributed by atoms with Crippen LogP contribution in [0.4, 0.5) is 4.39 Å². The highest BCUT2D eigenvalue weighted by Crippen LogP contribution is 2.34. The zero-order valence-corrected chi connectivity index (χ0v) is 20.3. The first kappa shape index (κ1) is 25.8. The van der Waals surface area contributed by atoms with Gasteiger partial charge in [0.1, 0.15) is 17.3 Å². The standard InChI is InChI=1S/C26H34FN3O4/c1-19(2)33-18-22(31)16-30(13-14-32-4)17-24-25(20-9-6-5-7-10-20)28-29(3)26(24)34-23-12-8-11-21(27)15-23/h5-12,15,19,22,31H,13-14,16-18H2,1-4H3/t22-/m0/s1. The third kappa shape index (κ3) is 7.36. The average Bonchev–Trinajstić information content (AvgIpc) is 3.11. The average molecular weight is 472 g/mol. The van der Waals surface area contributed by atoms with Crippen LogP contribution >= 0.6 is 0 Å². The lowest BCUT2D eigenvalue weighted by atomic mass is 10.1. The van der Waals surface area contributed by atoms with Crippen molar-refractivity contribution in [2.45, 2.75) is 32.6 Å². The highest BCUT2D eigenvalue weighted by molar-refractivity contribution is 5.65. The molecule has 0 spiro atoms. The number of hydrogen-bond acceptors (Lipinski definition) is 6. The molecule has 0 bridgehead atoms. The molecule has 2 aromatic carbocycles. The molecular formula is C26H34FN3O4. The third-order valence-corrected chi connectivity index (χ3v) is 5.23. The Hall–Kier alpha value is -2.78. The van der Waals surface area contributed by atoms with Gasteiger partial charge >= 0.3 is 0 Å². The lowest BCUT2D eigenvalue weighted by Crippen LogP contribution is -2.37. The van der Waals surface area contributed by atoms with Crippen molar-refractivity contribution in [1.82, 2.24) is 14.7 Å². The molecule has 3 rings (SSSR count). The van der Waals surface area contributed by atoms with Crippen molar-refractivity contribution in [1.29, 1.82) is 0 Å². The van der Waals surface area contributed by atoms with Crippen LogP contribution in [0.5, 0.6) is 11.6 Å². The van der Waals surface area contributed by atoms with Crippen molar-refractivity contribution >= 4 is 0 Å². The first-order valence-corrected chi connectivity index (χ1v) is 11.4. The first-order valence-electron chi connectivity index (χ1n) is 11.4. The number of aryl methyl sites for hydroxylation is 1. The number of aliphatic hydroxyl groups is 1. The second-order valence-electron chi connectivity index (χ2n) is 8.45. The molecule has 0 aliphatic carbocycles. The molecule has 0 amide bonds. The van der Waals surface area contributed by atoms with Crippen LogP contribution in [-0.2, 0) is 23.1 Å². The summed E-state index contributed by atoms with van der Waals surface area (Å²) in [4.78, 5) is 2.08. The van der Waals surface area contributed by atoms with Gasteiger partial charge in [-0.15, -0.1) is 0 Å². The molecule has 1 heterocycles. The zero-order valence-electron chi connectivity index (χ0n) is 20.3. The Morgan fingerprint density at radius 1 is 1.12 bits per heavy atom. The molecule has 3 aromatic rings. The molecule has 1 N–H and O–H groups in total. The van der Waals surface area contributed by atoms with Gasteiger partial charge in [-0.05, 0) is 26.0 Å². The minimum absolute atomic E-state index is 0.0383. The molecule has 0 radical (unpaired) electrons. The summed E-state index contributed by atoms with van der Waals surface area (Å²) < 4.78 is 32.5. The molecule has 1 aromatic heterocycles. The minimum atomic E-state index is -0.663. The number of benzene rings is 2. The van der Waals surface area contributed by atoms with Crippen molar-refractivity contribution in [3.63, 3.8) is 0 Å². The summed E-state index contributed by atoms with van der Waals surface area (Å²) in [7, 11) is 3.45. The monoisotopic (exact) mass is 471 g/mol. The topological polar surface area (TPSA) is 69.0 Å². The van der Waals surface area contributed by atoms with E-state index >= 15 is 0 Å². The molecule has 184 valence electrons. The van der Waals surface area contributed by atoms with Gasteiger partial charge < -0.3 is 19.3 Å². The highest BCUT2D eigenvalue weighted by atomic mass is 19.1. The van der Waals surface area contributed by atoms with E-state index in [2.05, 4.69) is 4.90 Å². The lowest BCUT2D eigenvalue weighted by molar-refractivity contribution is -0.0121. The van der Waals surface area contributed by atoms with Gasteiger partial charge in [-0.25, -0.2) is 9.07 Å². The maximum Gasteiger partial charge on any atom is 0.222 e. The maximum absolute atomic E-state index is 13.8. The third-order valence-electron chi connectivity index (χ3n) is 5.23. The Kier molecular flexibility index (Phi) is 9.59. The fraction of sp³-hybridized carbons (Fsp3) is 0.423. The fourth-order valence-electron chi connectivity index (χ4n) is 3.63. The van der Waals surface area contributed by atoms with Crippen molar-refractivity contribution in [2.24, 2.45) is 7.05 Å². The number of nitrogens with zero attached hydrogens (tertiary/aromatic N) is 3. The van der Waals surface area contributed by atoms with Crippen LogP contribution in [0, 0.1) is 5.82 Å². The fourth-order valence-corrected chi connectivity index (χ4v) is 3.63. The Balaban J connectivity index is 1.94. The number of aromatic nitrogens is 2. The van der Waals surface area contributed by atoms with Gasteiger partial charge in [0.15, 0.2) is 0 Å². The highest BCUT2D eigenvalue weighted by Gasteiger charge is 2.23. The van der Waals surface area contributed by atoms with E-state index < -0.39 is 6.10 Å². The Labute approximate surface area is 200 Å². The van der Waals surface area contributed by atoms with Crippen molar-refractivity contribution < 1.29 is 23.7 Å². The number of aliphatic hydroxyl groups excluding tert-OH is 1. The maximum atomic E-state index is 13.8. The Morgan fingerprint density at radius 3 is 2.56 bits per heavy atom. The van der Waals surface area contributed by atoms with Crippen molar-refractivity contribution in [3.05, 3.63) is 66.0 Å². The molecular weight excluding hydrogens is 437 g/mol. The predicted molar refractivity (Wildman–Crippen MR) is 129 cm³/mol. The van der Waals surface area contributed by atoms with E-state index in [9.17, 15) is 9.50 Å². The molecule has 8 heteroatoms. The summed E-state index contributed by atoms with van der Waals surface area (Å²) in [6.07, 6.45) is -0.625. The molecule has 7 nitrogen and oxygen atoms in total. The van der Waals surface area contributed by atoms with E-state index in [1.54, 1.807) is 31.0 Å². The second kappa shape index (κ2) is 12.6. The van der Waals surface area contributed by atoms with Crippen LogP contribution in [0.3, 0.4) is 0 Å².